The highest BCUT2D eigenvalue weighted by Crippen LogP contribution is 2.44. The van der Waals surface area contributed by atoms with Gasteiger partial charge in [0, 0.05) is 10.9 Å². The lowest BCUT2D eigenvalue weighted by molar-refractivity contribution is -0.121. The van der Waals surface area contributed by atoms with E-state index in [1.54, 1.807) is 0 Å². The van der Waals surface area contributed by atoms with Gasteiger partial charge in [0.05, 0.1) is 5.92 Å². The highest BCUT2D eigenvalue weighted by atomic mass is 35.5. The Labute approximate surface area is 118 Å². The van der Waals surface area contributed by atoms with Crippen molar-refractivity contribution in [1.29, 1.82) is 0 Å². The van der Waals surface area contributed by atoms with E-state index in [0.29, 0.717) is 5.02 Å². The fourth-order valence-electron chi connectivity index (χ4n) is 3.01. The minimum atomic E-state index is -0.202. The van der Waals surface area contributed by atoms with Crippen molar-refractivity contribution in [3.05, 3.63) is 46.5 Å². The van der Waals surface area contributed by atoms with Crippen molar-refractivity contribution in [3.8, 4) is 0 Å². The Morgan fingerprint density at radius 2 is 2.16 bits per heavy atom. The third kappa shape index (κ3) is 2.84. The Morgan fingerprint density at radius 3 is 2.79 bits per heavy atom. The van der Waals surface area contributed by atoms with Gasteiger partial charge in [-0.15, -0.1) is 0 Å². The number of allylic oxidation sites excluding steroid dienone is 2. The third-order valence-corrected chi connectivity index (χ3v) is 4.41. The van der Waals surface area contributed by atoms with E-state index in [-0.39, 0.29) is 17.7 Å². The number of carbonyl (C=O) groups excluding carboxylic acids is 1. The van der Waals surface area contributed by atoms with Crippen LogP contribution in [0, 0.1) is 11.8 Å². The predicted molar refractivity (Wildman–Crippen MR) is 76.9 cm³/mol. The molecule has 0 bridgehead atoms. The Morgan fingerprint density at radius 1 is 1.37 bits per heavy atom. The van der Waals surface area contributed by atoms with Crippen molar-refractivity contribution in [2.75, 3.05) is 0 Å². The van der Waals surface area contributed by atoms with Crippen molar-refractivity contribution in [3.63, 3.8) is 0 Å². The summed E-state index contributed by atoms with van der Waals surface area (Å²) in [5.74, 6) is 0.641. The molecule has 19 heavy (non-hydrogen) atoms. The molecular formula is C16H18ClNO. The smallest absolute Gasteiger partial charge is 0.221 e. The first kappa shape index (κ1) is 12.7. The zero-order chi connectivity index (χ0) is 13.4. The van der Waals surface area contributed by atoms with Crippen LogP contribution in [-0.4, -0.2) is 5.91 Å². The molecule has 0 unspecified atom stereocenters. The monoisotopic (exact) mass is 275 g/mol. The van der Waals surface area contributed by atoms with Gasteiger partial charge in [0.1, 0.15) is 0 Å². The van der Waals surface area contributed by atoms with Crippen molar-refractivity contribution in [2.24, 2.45) is 17.6 Å². The minimum Gasteiger partial charge on any atom is -0.369 e. The zero-order valence-electron chi connectivity index (χ0n) is 10.8. The van der Waals surface area contributed by atoms with Gasteiger partial charge < -0.3 is 5.73 Å². The van der Waals surface area contributed by atoms with E-state index >= 15 is 0 Å². The summed E-state index contributed by atoms with van der Waals surface area (Å²) in [7, 11) is 0. The number of benzene rings is 1. The van der Waals surface area contributed by atoms with Crippen LogP contribution in [-0.2, 0) is 4.79 Å². The normalized spacial score (nSPS) is 26.3. The Balaban J connectivity index is 1.86. The molecule has 1 fully saturated rings. The van der Waals surface area contributed by atoms with Gasteiger partial charge in [-0.25, -0.2) is 0 Å². The minimum absolute atomic E-state index is 0.102. The standard InChI is InChI=1S/C16H18ClNO/c17-13-3-1-2-12(9-13)14-7-11(6-10-4-5-10)8-15(14)16(18)19/h1-3,7,9-10,14-15H,4-6,8H2,(H2,18,19)/t14-,15-/m0/s1. The summed E-state index contributed by atoms with van der Waals surface area (Å²) < 4.78 is 0. The van der Waals surface area contributed by atoms with Gasteiger partial charge in [0.15, 0.2) is 0 Å². The topological polar surface area (TPSA) is 43.1 Å². The largest absolute Gasteiger partial charge is 0.369 e. The number of rotatable bonds is 4. The molecule has 0 saturated heterocycles. The van der Waals surface area contributed by atoms with Crippen LogP contribution in [0.3, 0.4) is 0 Å². The van der Waals surface area contributed by atoms with Gasteiger partial charge in [0.2, 0.25) is 5.91 Å². The summed E-state index contributed by atoms with van der Waals surface area (Å²) in [6.45, 7) is 0. The first-order chi connectivity index (χ1) is 9.13. The molecule has 0 radical (unpaired) electrons. The van der Waals surface area contributed by atoms with Gasteiger partial charge in [-0.05, 0) is 49.3 Å². The number of hydrogen-bond acceptors (Lipinski definition) is 1. The molecule has 2 aliphatic rings. The molecule has 0 aliphatic heterocycles. The maximum atomic E-state index is 11.7. The van der Waals surface area contributed by atoms with E-state index in [4.69, 9.17) is 17.3 Å². The van der Waals surface area contributed by atoms with Crippen LogP contribution in [0.1, 0.15) is 37.2 Å². The van der Waals surface area contributed by atoms with Gasteiger partial charge >= 0.3 is 0 Å². The van der Waals surface area contributed by atoms with Crippen LogP contribution in [0.2, 0.25) is 5.02 Å². The Bertz CT molecular complexity index is 533. The van der Waals surface area contributed by atoms with E-state index in [1.807, 2.05) is 24.3 Å². The van der Waals surface area contributed by atoms with Crippen LogP contribution in [0.5, 0.6) is 0 Å². The molecule has 1 amide bonds. The van der Waals surface area contributed by atoms with E-state index < -0.39 is 0 Å². The van der Waals surface area contributed by atoms with Crippen LogP contribution >= 0.6 is 11.6 Å². The van der Waals surface area contributed by atoms with Crippen LogP contribution < -0.4 is 5.73 Å². The Kier molecular flexibility index (Phi) is 3.36. The van der Waals surface area contributed by atoms with E-state index in [1.165, 1.54) is 18.4 Å². The lowest BCUT2D eigenvalue weighted by Gasteiger charge is -2.16. The Hall–Kier alpha value is -1.28. The highest BCUT2D eigenvalue weighted by molar-refractivity contribution is 6.30. The van der Waals surface area contributed by atoms with Gasteiger partial charge in [-0.3, -0.25) is 4.79 Å². The average Bonchev–Trinajstić information content (AvgIpc) is 3.06. The van der Waals surface area contributed by atoms with Gasteiger partial charge in [-0.2, -0.15) is 0 Å². The molecule has 2 N–H and O–H groups in total. The van der Waals surface area contributed by atoms with Crippen molar-refractivity contribution in [2.45, 2.75) is 31.6 Å². The van der Waals surface area contributed by atoms with Gasteiger partial charge in [0.25, 0.3) is 0 Å². The number of carbonyl (C=O) groups is 1. The maximum absolute atomic E-state index is 11.7. The molecule has 1 aromatic rings. The number of primary amides is 1. The molecule has 1 aromatic carbocycles. The fourth-order valence-corrected chi connectivity index (χ4v) is 3.21. The average molecular weight is 276 g/mol. The molecule has 0 heterocycles. The van der Waals surface area contributed by atoms with E-state index in [9.17, 15) is 4.79 Å². The molecule has 2 nitrogen and oxygen atoms in total. The van der Waals surface area contributed by atoms with E-state index in [2.05, 4.69) is 6.08 Å². The second-order valence-corrected chi connectivity index (χ2v) is 6.20. The van der Waals surface area contributed by atoms with E-state index in [0.717, 1.165) is 24.3 Å². The van der Waals surface area contributed by atoms with Gasteiger partial charge in [-0.1, -0.05) is 35.4 Å². The predicted octanol–water partition coefficient (Wildman–Crippen LogP) is 3.66. The SMILES string of the molecule is NC(=O)[C@H]1CC(CC2CC2)=C[C@H]1c1cccc(Cl)c1. The number of hydrogen-bond donors (Lipinski definition) is 1. The lowest BCUT2D eigenvalue weighted by Crippen LogP contribution is -2.25. The number of nitrogens with two attached hydrogens (primary N) is 1. The highest BCUT2D eigenvalue weighted by Gasteiger charge is 2.34. The molecule has 2 atom stereocenters. The van der Waals surface area contributed by atoms with Crippen molar-refractivity contribution >= 4 is 17.5 Å². The second-order valence-electron chi connectivity index (χ2n) is 5.77. The lowest BCUT2D eigenvalue weighted by atomic mass is 9.88. The van der Waals surface area contributed by atoms with Crippen LogP contribution in [0.4, 0.5) is 0 Å². The molecule has 2 aliphatic carbocycles. The quantitative estimate of drug-likeness (QED) is 0.838. The summed E-state index contributed by atoms with van der Waals surface area (Å²) in [5, 5.41) is 0.713. The van der Waals surface area contributed by atoms with Crippen LogP contribution in [0.25, 0.3) is 0 Å². The third-order valence-electron chi connectivity index (χ3n) is 4.18. The molecule has 0 spiro atoms. The van der Waals surface area contributed by atoms with Crippen molar-refractivity contribution < 1.29 is 4.79 Å². The second kappa shape index (κ2) is 5.01. The summed E-state index contributed by atoms with van der Waals surface area (Å²) in [6, 6.07) is 7.76. The molecule has 1 saturated carbocycles. The molecule has 0 aromatic heterocycles. The number of halogens is 1. The summed E-state index contributed by atoms with van der Waals surface area (Å²) in [6.07, 6.45) is 6.88. The number of amides is 1. The molecule has 100 valence electrons. The molecule has 3 heteroatoms. The molecule has 3 rings (SSSR count). The fraction of sp³-hybridized carbons (Fsp3) is 0.438. The summed E-state index contributed by atoms with van der Waals surface area (Å²) in [5.41, 5.74) is 8.07. The summed E-state index contributed by atoms with van der Waals surface area (Å²) >= 11 is 6.04. The summed E-state index contributed by atoms with van der Waals surface area (Å²) in [4.78, 5) is 11.7. The first-order valence-electron chi connectivity index (χ1n) is 6.88. The molecular weight excluding hydrogens is 258 g/mol. The van der Waals surface area contributed by atoms with Crippen LogP contribution in [0.15, 0.2) is 35.9 Å². The first-order valence-corrected chi connectivity index (χ1v) is 7.25. The van der Waals surface area contributed by atoms with Crippen molar-refractivity contribution in [1.82, 2.24) is 0 Å². The zero-order valence-corrected chi connectivity index (χ0v) is 11.6. The maximum Gasteiger partial charge on any atom is 0.221 e.